The van der Waals surface area contributed by atoms with Crippen molar-refractivity contribution in [2.75, 3.05) is 30.5 Å². The summed E-state index contributed by atoms with van der Waals surface area (Å²) in [7, 11) is 3.24. The van der Waals surface area contributed by atoms with Crippen molar-refractivity contribution < 1.29 is 23.9 Å². The van der Waals surface area contributed by atoms with E-state index in [-0.39, 0.29) is 49.0 Å². The van der Waals surface area contributed by atoms with E-state index in [1.807, 2.05) is 36.4 Å². The number of benzene rings is 4. The first-order valence-electron chi connectivity index (χ1n) is 14.2. The standard InChI is InChI=1S/C34H33BrN4O5.ClH/c1-20(36-3)32(41)37-28-19-39(33(42)23-14-12-22(13-15-23)21(2)40)30-11-6-5-10-29(30)38(34(28)43)18-26-24-8-7-9-27(35)25(24)16-17-31(26)44-4;/h5-17,20,28,36H,18-19H2,1-4H3,(H,37,41);1H. The van der Waals surface area contributed by atoms with Crippen molar-refractivity contribution in [2.24, 2.45) is 0 Å². The van der Waals surface area contributed by atoms with Gasteiger partial charge in [-0.3, -0.25) is 19.2 Å². The molecule has 9 nitrogen and oxygen atoms in total. The van der Waals surface area contributed by atoms with Crippen LogP contribution in [0.25, 0.3) is 10.8 Å². The monoisotopic (exact) mass is 692 g/mol. The number of methoxy groups -OCH3 is 1. The van der Waals surface area contributed by atoms with E-state index in [9.17, 15) is 19.2 Å². The van der Waals surface area contributed by atoms with Crippen LogP contribution in [0.1, 0.15) is 40.1 Å². The van der Waals surface area contributed by atoms with Crippen LogP contribution in [-0.2, 0) is 16.1 Å². The van der Waals surface area contributed by atoms with Crippen molar-refractivity contribution in [2.45, 2.75) is 32.5 Å². The van der Waals surface area contributed by atoms with E-state index in [1.165, 1.54) is 11.8 Å². The molecule has 2 N–H and O–H groups in total. The number of hydrogen-bond donors (Lipinski definition) is 2. The zero-order valence-corrected chi connectivity index (χ0v) is 27.7. The van der Waals surface area contributed by atoms with Gasteiger partial charge in [0.15, 0.2) is 5.78 Å². The van der Waals surface area contributed by atoms with Crippen LogP contribution in [0.5, 0.6) is 5.75 Å². The van der Waals surface area contributed by atoms with Gasteiger partial charge in [-0.1, -0.05) is 52.3 Å². The number of nitrogens with one attached hydrogen (secondary N) is 2. The lowest BCUT2D eigenvalue weighted by atomic mass is 10.0. The molecule has 0 saturated heterocycles. The molecule has 2 atom stereocenters. The van der Waals surface area contributed by atoms with E-state index in [2.05, 4.69) is 26.6 Å². The second-order valence-corrected chi connectivity index (χ2v) is 11.5. The fraction of sp³-hybridized carbons (Fsp3) is 0.235. The van der Waals surface area contributed by atoms with Crippen molar-refractivity contribution in [3.63, 3.8) is 0 Å². The van der Waals surface area contributed by atoms with Crippen LogP contribution < -0.4 is 25.2 Å². The first-order chi connectivity index (χ1) is 21.1. The fourth-order valence-corrected chi connectivity index (χ4v) is 5.85. The van der Waals surface area contributed by atoms with Crippen LogP contribution in [0.2, 0.25) is 0 Å². The first kappa shape index (κ1) is 33.6. The van der Waals surface area contributed by atoms with Crippen LogP contribution in [0.4, 0.5) is 11.4 Å². The quantitative estimate of drug-likeness (QED) is 0.236. The van der Waals surface area contributed by atoms with E-state index in [4.69, 9.17) is 4.74 Å². The number of carbonyl (C=O) groups excluding carboxylic acids is 4. The lowest BCUT2D eigenvalue weighted by Gasteiger charge is -2.27. The molecule has 4 aromatic rings. The molecule has 1 aliphatic heterocycles. The number of anilines is 2. The Morgan fingerprint density at radius 2 is 1.60 bits per heavy atom. The van der Waals surface area contributed by atoms with Gasteiger partial charge in [0.1, 0.15) is 11.8 Å². The van der Waals surface area contributed by atoms with E-state index < -0.39 is 12.1 Å². The average molecular weight is 694 g/mol. The summed E-state index contributed by atoms with van der Waals surface area (Å²) >= 11 is 3.63. The number of ether oxygens (including phenoxy) is 1. The highest BCUT2D eigenvalue weighted by atomic mass is 79.9. The Morgan fingerprint density at radius 3 is 2.24 bits per heavy atom. The molecule has 0 radical (unpaired) electrons. The van der Waals surface area contributed by atoms with Crippen LogP contribution in [0.15, 0.2) is 83.3 Å². The molecule has 5 rings (SSSR count). The number of nitrogens with zero attached hydrogens (tertiary/aromatic N) is 2. The zero-order chi connectivity index (χ0) is 31.5. The van der Waals surface area contributed by atoms with Gasteiger partial charge < -0.3 is 25.2 Å². The summed E-state index contributed by atoms with van der Waals surface area (Å²) in [6, 6.07) is 21.6. The molecule has 3 amide bonds. The third-order valence-corrected chi connectivity index (χ3v) is 8.62. The summed E-state index contributed by atoms with van der Waals surface area (Å²) in [6.07, 6.45) is 0. The number of para-hydroxylation sites is 2. The summed E-state index contributed by atoms with van der Waals surface area (Å²) in [5.41, 5.74) is 2.64. The predicted octanol–water partition coefficient (Wildman–Crippen LogP) is 5.52. The predicted molar refractivity (Wildman–Crippen MR) is 182 cm³/mol. The van der Waals surface area contributed by atoms with Gasteiger partial charge in [0.2, 0.25) is 5.91 Å². The molecule has 0 fully saturated rings. The van der Waals surface area contributed by atoms with Gasteiger partial charge in [0, 0.05) is 21.2 Å². The van der Waals surface area contributed by atoms with Gasteiger partial charge in [-0.15, -0.1) is 12.4 Å². The number of Topliss-reactive ketones (excluding diaryl/α,β-unsaturated/α-hetero) is 1. The molecule has 234 valence electrons. The van der Waals surface area contributed by atoms with Crippen molar-refractivity contribution in [1.29, 1.82) is 0 Å². The van der Waals surface area contributed by atoms with Gasteiger partial charge in [-0.2, -0.15) is 0 Å². The lowest BCUT2D eigenvalue weighted by Crippen LogP contribution is -2.55. The van der Waals surface area contributed by atoms with Crippen molar-refractivity contribution in [1.82, 2.24) is 10.6 Å². The minimum absolute atomic E-state index is 0. The first-order valence-corrected chi connectivity index (χ1v) is 15.0. The molecule has 1 heterocycles. The summed E-state index contributed by atoms with van der Waals surface area (Å²) in [5, 5.41) is 7.63. The number of fused-ring (bicyclic) bond motifs is 2. The number of rotatable bonds is 8. The molecule has 4 aromatic carbocycles. The Labute approximate surface area is 276 Å². The van der Waals surface area contributed by atoms with Crippen molar-refractivity contribution >= 4 is 74.0 Å². The normalized spacial score (nSPS) is 15.0. The van der Waals surface area contributed by atoms with Crippen molar-refractivity contribution in [3.8, 4) is 5.75 Å². The Bertz CT molecular complexity index is 1760. The Balaban J connectivity index is 0.00000461. The van der Waals surface area contributed by atoms with Crippen LogP contribution in [0, 0.1) is 0 Å². The maximum absolute atomic E-state index is 14.5. The molecular weight excluding hydrogens is 660 g/mol. The maximum atomic E-state index is 14.5. The van der Waals surface area contributed by atoms with Crippen LogP contribution in [0.3, 0.4) is 0 Å². The maximum Gasteiger partial charge on any atom is 0.258 e. The molecule has 0 aliphatic carbocycles. The molecular formula is C34H34BrClN4O5. The topological polar surface area (TPSA) is 108 Å². The molecule has 0 bridgehead atoms. The molecule has 0 spiro atoms. The summed E-state index contributed by atoms with van der Waals surface area (Å²) in [4.78, 5) is 56.6. The summed E-state index contributed by atoms with van der Waals surface area (Å²) in [6.45, 7) is 3.18. The minimum Gasteiger partial charge on any atom is -0.496 e. The molecule has 11 heteroatoms. The molecule has 1 aliphatic rings. The van der Waals surface area contributed by atoms with Gasteiger partial charge >= 0.3 is 0 Å². The highest BCUT2D eigenvalue weighted by Gasteiger charge is 2.38. The number of carbonyl (C=O) groups is 4. The van der Waals surface area contributed by atoms with Gasteiger partial charge in [0.05, 0.1) is 37.6 Å². The Hall–Kier alpha value is -4.25. The number of hydrogen-bond acceptors (Lipinski definition) is 6. The van der Waals surface area contributed by atoms with Crippen LogP contribution in [-0.4, -0.2) is 56.3 Å². The molecule has 45 heavy (non-hydrogen) atoms. The highest BCUT2D eigenvalue weighted by molar-refractivity contribution is 9.10. The number of likely N-dealkylation sites (N-methyl/N-ethyl adjacent to an activating group) is 1. The average Bonchev–Trinajstić information content (AvgIpc) is 3.15. The SMILES string of the molecule is CNC(C)C(=O)NC1CN(C(=O)c2ccc(C(C)=O)cc2)c2ccccc2N(Cc2c(OC)ccc3c(Br)cccc23)C1=O.Cl. The Morgan fingerprint density at radius 1 is 0.933 bits per heavy atom. The van der Waals surface area contributed by atoms with Crippen molar-refractivity contribution in [3.05, 3.63) is 100 Å². The summed E-state index contributed by atoms with van der Waals surface area (Å²) < 4.78 is 6.65. The third kappa shape index (κ3) is 6.73. The zero-order valence-electron chi connectivity index (χ0n) is 25.3. The van der Waals surface area contributed by atoms with Gasteiger partial charge in [-0.05, 0) is 74.1 Å². The molecule has 0 aromatic heterocycles. The number of halogens is 2. The minimum atomic E-state index is -1.06. The van der Waals surface area contributed by atoms with Gasteiger partial charge in [0.25, 0.3) is 11.8 Å². The van der Waals surface area contributed by atoms with E-state index in [0.717, 1.165) is 20.8 Å². The molecule has 2 unspecified atom stereocenters. The number of amides is 3. The largest absolute Gasteiger partial charge is 0.496 e. The summed E-state index contributed by atoms with van der Waals surface area (Å²) in [5.74, 6) is -0.613. The second-order valence-electron chi connectivity index (χ2n) is 10.6. The van der Waals surface area contributed by atoms with E-state index in [1.54, 1.807) is 68.4 Å². The van der Waals surface area contributed by atoms with E-state index in [0.29, 0.717) is 28.3 Å². The number of ketones is 1. The third-order valence-electron chi connectivity index (χ3n) is 7.93. The Kier molecular flexibility index (Phi) is 10.6. The van der Waals surface area contributed by atoms with E-state index >= 15 is 0 Å². The lowest BCUT2D eigenvalue weighted by molar-refractivity contribution is -0.128. The second kappa shape index (κ2) is 14.2. The van der Waals surface area contributed by atoms with Gasteiger partial charge in [-0.25, -0.2) is 0 Å². The highest BCUT2D eigenvalue weighted by Crippen LogP contribution is 2.38. The molecule has 0 saturated carbocycles. The van der Waals surface area contributed by atoms with Crippen LogP contribution >= 0.6 is 28.3 Å². The smallest absolute Gasteiger partial charge is 0.258 e. The fourth-order valence-electron chi connectivity index (χ4n) is 5.35.